The second-order valence-electron chi connectivity index (χ2n) is 5.79. The van der Waals surface area contributed by atoms with Crippen LogP contribution in [0.5, 0.6) is 11.6 Å². The fourth-order valence-electron chi connectivity index (χ4n) is 2.37. The fraction of sp³-hybridized carbons (Fsp3) is 0.333. The Labute approximate surface area is 165 Å². The lowest BCUT2D eigenvalue weighted by Gasteiger charge is -2.22. The van der Waals surface area contributed by atoms with Crippen molar-refractivity contribution < 1.29 is 14.3 Å². The number of nitrogens with one attached hydrogen (secondary N) is 2. The monoisotopic (exact) mass is 399 g/mol. The molecule has 1 saturated heterocycles. The topological polar surface area (TPSA) is 72.5 Å². The number of hydrogen-bond acceptors (Lipinski definition) is 5. The highest BCUT2D eigenvalue weighted by Gasteiger charge is 2.21. The summed E-state index contributed by atoms with van der Waals surface area (Å²) in [6.45, 7) is 5.93. The Morgan fingerprint density at radius 2 is 2.04 bits per heavy atom. The van der Waals surface area contributed by atoms with Gasteiger partial charge in [-0.25, -0.2) is 4.98 Å². The number of nitrogens with zero attached hydrogens (tertiary/aromatic N) is 1. The minimum Gasteiger partial charge on any atom is -0.439 e. The number of aromatic nitrogens is 1. The van der Waals surface area contributed by atoms with Gasteiger partial charge in [-0.2, -0.15) is 0 Å². The maximum Gasteiger partial charge on any atom is 0.254 e. The number of benzene rings is 1. The molecule has 142 valence electrons. The number of pyridine rings is 1. The Balaban J connectivity index is 0.00000169. The quantitative estimate of drug-likeness (QED) is 0.825. The first-order valence-corrected chi connectivity index (χ1v) is 7.96. The van der Waals surface area contributed by atoms with Gasteiger partial charge in [-0.1, -0.05) is 6.07 Å². The van der Waals surface area contributed by atoms with Crippen LogP contribution in [0.3, 0.4) is 0 Å². The van der Waals surface area contributed by atoms with E-state index in [4.69, 9.17) is 9.47 Å². The average Bonchev–Trinajstić information content (AvgIpc) is 2.61. The van der Waals surface area contributed by atoms with E-state index < -0.39 is 6.10 Å². The first-order chi connectivity index (χ1) is 11.6. The third kappa shape index (κ3) is 5.85. The number of hydrogen-bond donors (Lipinski definition) is 2. The average molecular weight is 400 g/mol. The molecular weight excluding hydrogens is 377 g/mol. The van der Waals surface area contributed by atoms with E-state index >= 15 is 0 Å². The van der Waals surface area contributed by atoms with E-state index in [0.29, 0.717) is 24.7 Å². The van der Waals surface area contributed by atoms with Crippen molar-refractivity contribution >= 4 is 36.4 Å². The Bertz CT molecular complexity index is 720. The number of carbonyl (C=O) groups excluding carboxylic acids is 1. The minimum absolute atomic E-state index is 0. The van der Waals surface area contributed by atoms with Gasteiger partial charge < -0.3 is 20.1 Å². The Morgan fingerprint density at radius 1 is 1.23 bits per heavy atom. The maximum atomic E-state index is 12.1. The van der Waals surface area contributed by atoms with Crippen LogP contribution in [0.4, 0.5) is 5.69 Å². The molecule has 2 aromatic rings. The lowest BCUT2D eigenvalue weighted by molar-refractivity contribution is -0.128. The first-order valence-electron chi connectivity index (χ1n) is 7.96. The zero-order valence-electron chi connectivity index (χ0n) is 14.7. The van der Waals surface area contributed by atoms with Crippen LogP contribution in [0.15, 0.2) is 36.5 Å². The highest BCUT2D eigenvalue weighted by Crippen LogP contribution is 2.23. The largest absolute Gasteiger partial charge is 0.439 e. The van der Waals surface area contributed by atoms with Crippen LogP contribution < -0.4 is 15.4 Å². The van der Waals surface area contributed by atoms with Gasteiger partial charge in [0.1, 0.15) is 11.9 Å². The van der Waals surface area contributed by atoms with E-state index in [9.17, 15) is 4.79 Å². The molecule has 1 amide bonds. The van der Waals surface area contributed by atoms with Crippen LogP contribution in [-0.4, -0.2) is 36.7 Å². The Morgan fingerprint density at radius 3 is 2.65 bits per heavy atom. The Kier molecular flexibility index (Phi) is 8.81. The molecule has 1 aliphatic heterocycles. The van der Waals surface area contributed by atoms with Crippen molar-refractivity contribution in [2.45, 2.75) is 20.0 Å². The molecule has 1 aromatic heterocycles. The maximum absolute atomic E-state index is 12.1. The van der Waals surface area contributed by atoms with Crippen molar-refractivity contribution in [3.63, 3.8) is 0 Å². The molecular formula is C18H23Cl2N3O3. The standard InChI is InChI=1S/C18H21N3O3.2ClH/c1-12-3-5-15(9-13(12)2)24-17-6-4-14(10-20-17)21-18(22)16-11-19-7-8-23-16;;/h3-6,9-10,16,19H,7-8,11H2,1-2H3,(H,21,22);2*1H. The summed E-state index contributed by atoms with van der Waals surface area (Å²) in [7, 11) is 0. The molecule has 0 saturated carbocycles. The molecule has 6 nitrogen and oxygen atoms in total. The molecule has 3 rings (SSSR count). The summed E-state index contributed by atoms with van der Waals surface area (Å²) >= 11 is 0. The molecule has 2 N–H and O–H groups in total. The molecule has 1 unspecified atom stereocenters. The number of amides is 1. The zero-order chi connectivity index (χ0) is 16.9. The molecule has 2 heterocycles. The van der Waals surface area contributed by atoms with Gasteiger partial charge in [-0.3, -0.25) is 4.79 Å². The van der Waals surface area contributed by atoms with Crippen molar-refractivity contribution in [3.8, 4) is 11.6 Å². The minimum atomic E-state index is -0.467. The van der Waals surface area contributed by atoms with E-state index in [-0.39, 0.29) is 30.7 Å². The van der Waals surface area contributed by atoms with E-state index in [0.717, 1.165) is 17.9 Å². The molecule has 0 aliphatic carbocycles. The molecule has 26 heavy (non-hydrogen) atoms. The van der Waals surface area contributed by atoms with Crippen LogP contribution in [0, 0.1) is 13.8 Å². The molecule has 0 radical (unpaired) electrons. The molecule has 0 spiro atoms. The highest BCUT2D eigenvalue weighted by molar-refractivity contribution is 5.94. The fourth-order valence-corrected chi connectivity index (χ4v) is 2.37. The van der Waals surface area contributed by atoms with E-state index in [1.165, 1.54) is 5.56 Å². The van der Waals surface area contributed by atoms with E-state index in [1.54, 1.807) is 18.3 Å². The summed E-state index contributed by atoms with van der Waals surface area (Å²) in [5.74, 6) is 1.04. The SMILES string of the molecule is Cc1ccc(Oc2ccc(NC(=O)C3CNCCO3)cn2)cc1C.Cl.Cl. The van der Waals surface area contributed by atoms with Gasteiger partial charge in [0, 0.05) is 19.2 Å². The molecule has 0 bridgehead atoms. The number of carbonyl (C=O) groups is 1. The van der Waals surface area contributed by atoms with E-state index in [1.807, 2.05) is 25.1 Å². The predicted molar refractivity (Wildman–Crippen MR) is 106 cm³/mol. The number of morpholine rings is 1. The van der Waals surface area contributed by atoms with E-state index in [2.05, 4.69) is 22.5 Å². The van der Waals surface area contributed by atoms with Gasteiger partial charge in [0.2, 0.25) is 5.88 Å². The third-order valence-electron chi connectivity index (χ3n) is 3.92. The van der Waals surface area contributed by atoms with Crippen LogP contribution >= 0.6 is 24.8 Å². The summed E-state index contributed by atoms with van der Waals surface area (Å²) < 4.78 is 11.1. The molecule has 1 atom stereocenters. The number of halogens is 2. The molecule has 1 fully saturated rings. The number of rotatable bonds is 4. The summed E-state index contributed by atoms with van der Waals surface area (Å²) in [4.78, 5) is 16.3. The van der Waals surface area contributed by atoms with Gasteiger partial charge in [0.05, 0.1) is 18.5 Å². The lowest BCUT2D eigenvalue weighted by atomic mass is 10.1. The van der Waals surface area contributed by atoms with Crippen molar-refractivity contribution in [2.75, 3.05) is 25.0 Å². The highest BCUT2D eigenvalue weighted by atomic mass is 35.5. The Hall–Kier alpha value is -1.86. The van der Waals surface area contributed by atoms with Crippen molar-refractivity contribution in [1.82, 2.24) is 10.3 Å². The van der Waals surface area contributed by atoms with Gasteiger partial charge in [-0.05, 0) is 43.2 Å². The number of aryl methyl sites for hydroxylation is 2. The zero-order valence-corrected chi connectivity index (χ0v) is 16.3. The molecule has 1 aliphatic rings. The normalized spacial score (nSPS) is 16.0. The van der Waals surface area contributed by atoms with Crippen molar-refractivity contribution in [3.05, 3.63) is 47.7 Å². The van der Waals surface area contributed by atoms with Gasteiger partial charge in [0.25, 0.3) is 5.91 Å². The number of ether oxygens (including phenoxy) is 2. The van der Waals surface area contributed by atoms with Crippen LogP contribution in [-0.2, 0) is 9.53 Å². The second-order valence-corrected chi connectivity index (χ2v) is 5.79. The van der Waals surface area contributed by atoms with Crippen LogP contribution in [0.2, 0.25) is 0 Å². The molecule has 1 aromatic carbocycles. The summed E-state index contributed by atoms with van der Waals surface area (Å²) in [6.07, 6.45) is 1.11. The number of anilines is 1. The van der Waals surface area contributed by atoms with Crippen LogP contribution in [0.1, 0.15) is 11.1 Å². The third-order valence-corrected chi connectivity index (χ3v) is 3.92. The summed E-state index contributed by atoms with van der Waals surface area (Å²) in [5.41, 5.74) is 2.99. The second kappa shape index (κ2) is 10.3. The van der Waals surface area contributed by atoms with Gasteiger partial charge in [0.15, 0.2) is 0 Å². The summed E-state index contributed by atoms with van der Waals surface area (Å²) in [6, 6.07) is 9.38. The summed E-state index contributed by atoms with van der Waals surface area (Å²) in [5, 5.41) is 5.92. The predicted octanol–water partition coefficient (Wildman–Crippen LogP) is 3.26. The van der Waals surface area contributed by atoms with Gasteiger partial charge >= 0.3 is 0 Å². The van der Waals surface area contributed by atoms with Crippen LogP contribution in [0.25, 0.3) is 0 Å². The smallest absolute Gasteiger partial charge is 0.254 e. The first kappa shape index (κ1) is 22.2. The van der Waals surface area contributed by atoms with Gasteiger partial charge in [-0.15, -0.1) is 24.8 Å². The van der Waals surface area contributed by atoms with Crippen molar-refractivity contribution in [1.29, 1.82) is 0 Å². The van der Waals surface area contributed by atoms with Crippen molar-refractivity contribution in [2.24, 2.45) is 0 Å². The molecule has 8 heteroatoms. The lowest BCUT2D eigenvalue weighted by Crippen LogP contribution is -2.45.